The van der Waals surface area contributed by atoms with E-state index < -0.39 is 12.1 Å². The number of phenols is 1. The van der Waals surface area contributed by atoms with Crippen LogP contribution in [0.25, 0.3) is 11.1 Å². The Morgan fingerprint density at radius 1 is 1.05 bits per heavy atom. The number of nitrogens with one attached hydrogen (secondary N) is 1. The zero-order valence-electron chi connectivity index (χ0n) is 20.6. The van der Waals surface area contributed by atoms with Gasteiger partial charge in [0.1, 0.15) is 12.9 Å². The molecule has 2 atom stereocenters. The Morgan fingerprint density at radius 2 is 1.74 bits per heavy atom. The summed E-state index contributed by atoms with van der Waals surface area (Å²) in [7, 11) is 1.44. The normalized spacial score (nSPS) is 16.9. The summed E-state index contributed by atoms with van der Waals surface area (Å²) < 4.78 is 0. The Bertz CT molecular complexity index is 1330. The summed E-state index contributed by atoms with van der Waals surface area (Å²) in [6.07, 6.45) is -0.493. The van der Waals surface area contributed by atoms with Crippen LogP contribution >= 0.6 is 23.2 Å². The van der Waals surface area contributed by atoms with Crippen LogP contribution in [0.2, 0.25) is 10.0 Å². The number of carbonyl (C=O) groups excluding carboxylic acids is 2. The summed E-state index contributed by atoms with van der Waals surface area (Å²) in [6.45, 7) is 0.245. The van der Waals surface area contributed by atoms with Gasteiger partial charge in [0.05, 0.1) is 28.4 Å². The van der Waals surface area contributed by atoms with E-state index in [0.29, 0.717) is 33.3 Å². The summed E-state index contributed by atoms with van der Waals surface area (Å²) >= 11 is 12.1. The van der Waals surface area contributed by atoms with Crippen molar-refractivity contribution in [2.45, 2.75) is 25.0 Å². The second-order valence-electron chi connectivity index (χ2n) is 8.95. The average molecular weight is 556 g/mol. The number of oxime groups is 1. The molecule has 3 aromatic rings. The van der Waals surface area contributed by atoms with Crippen molar-refractivity contribution >= 4 is 40.7 Å². The largest absolute Gasteiger partial charge is 0.508 e. The third-order valence-electron chi connectivity index (χ3n) is 6.32. The van der Waals surface area contributed by atoms with Gasteiger partial charge in [0.25, 0.3) is 5.91 Å². The fourth-order valence-electron chi connectivity index (χ4n) is 4.35. The lowest BCUT2D eigenvalue weighted by Crippen LogP contribution is -2.40. The summed E-state index contributed by atoms with van der Waals surface area (Å²) in [6, 6.07) is 18.2. The van der Waals surface area contributed by atoms with Crippen LogP contribution < -0.4 is 5.32 Å². The molecule has 1 unspecified atom stereocenters. The van der Waals surface area contributed by atoms with E-state index in [0.717, 1.165) is 11.1 Å². The Kier molecular flexibility index (Phi) is 8.89. The Morgan fingerprint density at radius 3 is 2.39 bits per heavy atom. The standard InChI is InChI=1S/C28H27Cl2N3O5/c1-38-32-21-13-22(14-27(36)31-15-26(35)18-6-9-23(34)10-7-18)33(16-21)28(37)19-4-2-17(3-5-19)20-8-11-24(29)25(30)12-20/h2-12,22,26,34-35H,13-16H2,1H3,(H,31,36)/t22-,26?/m0/s1. The van der Waals surface area contributed by atoms with Crippen LogP contribution in [0, 0.1) is 0 Å². The van der Waals surface area contributed by atoms with Gasteiger partial charge in [0, 0.05) is 31.0 Å². The molecule has 3 N–H and O–H groups in total. The molecule has 4 rings (SSSR count). The molecule has 1 heterocycles. The van der Waals surface area contributed by atoms with Crippen LogP contribution in [0.3, 0.4) is 0 Å². The summed E-state index contributed by atoms with van der Waals surface area (Å²) in [5.74, 6) is -0.443. The molecule has 0 aromatic heterocycles. The second kappa shape index (κ2) is 12.3. The quantitative estimate of drug-likeness (QED) is 0.345. The fraction of sp³-hybridized carbons (Fsp3) is 0.250. The van der Waals surface area contributed by atoms with Crippen LogP contribution in [0.4, 0.5) is 0 Å². The van der Waals surface area contributed by atoms with E-state index >= 15 is 0 Å². The number of hydrogen-bond donors (Lipinski definition) is 3. The first-order valence-corrected chi connectivity index (χ1v) is 12.7. The number of benzene rings is 3. The zero-order chi connectivity index (χ0) is 27.2. The van der Waals surface area contributed by atoms with Crippen molar-refractivity contribution in [3.8, 4) is 16.9 Å². The fourth-order valence-corrected chi connectivity index (χ4v) is 4.64. The van der Waals surface area contributed by atoms with Gasteiger partial charge in [-0.05, 0) is 53.1 Å². The zero-order valence-corrected chi connectivity index (χ0v) is 22.1. The van der Waals surface area contributed by atoms with E-state index in [4.69, 9.17) is 28.0 Å². The van der Waals surface area contributed by atoms with Gasteiger partial charge in [-0.1, -0.05) is 58.7 Å². The SMILES string of the molecule is CON=C1C[C@@H](CC(=O)NCC(O)c2ccc(O)cc2)N(C(=O)c2ccc(-c3ccc(Cl)c(Cl)c3)cc2)C1. The van der Waals surface area contributed by atoms with Gasteiger partial charge < -0.3 is 25.3 Å². The monoisotopic (exact) mass is 555 g/mol. The van der Waals surface area contributed by atoms with Crippen molar-refractivity contribution in [1.29, 1.82) is 0 Å². The molecule has 38 heavy (non-hydrogen) atoms. The van der Waals surface area contributed by atoms with E-state index in [2.05, 4.69) is 10.5 Å². The van der Waals surface area contributed by atoms with Crippen LogP contribution in [0.1, 0.15) is 34.9 Å². The third-order valence-corrected chi connectivity index (χ3v) is 7.06. The molecule has 198 valence electrons. The molecule has 2 amide bonds. The van der Waals surface area contributed by atoms with Crippen molar-refractivity contribution in [3.63, 3.8) is 0 Å². The van der Waals surface area contributed by atoms with Gasteiger partial charge in [0.15, 0.2) is 0 Å². The Balaban J connectivity index is 1.42. The lowest BCUT2D eigenvalue weighted by molar-refractivity contribution is -0.122. The molecule has 8 nitrogen and oxygen atoms in total. The number of halogens is 2. The lowest BCUT2D eigenvalue weighted by atomic mass is 10.0. The minimum absolute atomic E-state index is 0.000527. The van der Waals surface area contributed by atoms with Crippen molar-refractivity contribution in [2.75, 3.05) is 20.2 Å². The Labute approximate surface area is 230 Å². The molecular weight excluding hydrogens is 529 g/mol. The smallest absolute Gasteiger partial charge is 0.254 e. The number of carbonyl (C=O) groups is 2. The molecule has 1 saturated heterocycles. The van der Waals surface area contributed by atoms with Gasteiger partial charge in [-0.3, -0.25) is 9.59 Å². The number of likely N-dealkylation sites (tertiary alicyclic amines) is 1. The molecule has 0 spiro atoms. The number of aliphatic hydroxyl groups is 1. The van der Waals surface area contributed by atoms with Crippen LogP contribution in [0.5, 0.6) is 5.75 Å². The molecule has 0 aliphatic carbocycles. The van der Waals surface area contributed by atoms with E-state index in [9.17, 15) is 19.8 Å². The number of nitrogens with zero attached hydrogens (tertiary/aromatic N) is 2. The molecule has 10 heteroatoms. The lowest BCUT2D eigenvalue weighted by Gasteiger charge is -2.24. The molecule has 0 bridgehead atoms. The molecule has 0 saturated carbocycles. The number of aromatic hydroxyl groups is 1. The maximum atomic E-state index is 13.4. The predicted molar refractivity (Wildman–Crippen MR) is 146 cm³/mol. The van der Waals surface area contributed by atoms with E-state index in [1.165, 1.54) is 19.2 Å². The van der Waals surface area contributed by atoms with E-state index in [1.54, 1.807) is 41.3 Å². The molecule has 0 radical (unpaired) electrons. The average Bonchev–Trinajstić information content (AvgIpc) is 3.31. The van der Waals surface area contributed by atoms with Gasteiger partial charge in [-0.25, -0.2) is 0 Å². The molecule has 1 aliphatic heterocycles. The molecule has 3 aromatic carbocycles. The van der Waals surface area contributed by atoms with Crippen molar-refractivity contribution in [3.05, 3.63) is 87.9 Å². The van der Waals surface area contributed by atoms with Gasteiger partial charge in [-0.2, -0.15) is 0 Å². The molecular formula is C28H27Cl2N3O5. The highest BCUT2D eigenvalue weighted by molar-refractivity contribution is 6.42. The number of rotatable bonds is 8. The van der Waals surface area contributed by atoms with E-state index in [1.807, 2.05) is 18.2 Å². The maximum Gasteiger partial charge on any atom is 0.254 e. The van der Waals surface area contributed by atoms with Crippen molar-refractivity contribution in [2.24, 2.45) is 5.16 Å². The number of phenolic OH excluding ortho intramolecular Hbond substituents is 1. The van der Waals surface area contributed by atoms with Crippen molar-refractivity contribution in [1.82, 2.24) is 10.2 Å². The highest BCUT2D eigenvalue weighted by Crippen LogP contribution is 2.29. The first-order valence-electron chi connectivity index (χ1n) is 11.9. The summed E-state index contributed by atoms with van der Waals surface area (Å²) in [4.78, 5) is 32.7. The summed E-state index contributed by atoms with van der Waals surface area (Å²) in [5, 5.41) is 27.4. The summed E-state index contributed by atoms with van der Waals surface area (Å²) in [5.41, 5.74) is 3.46. The topological polar surface area (TPSA) is 111 Å². The molecule has 1 aliphatic rings. The van der Waals surface area contributed by atoms with Crippen LogP contribution in [0.15, 0.2) is 71.9 Å². The first kappa shape index (κ1) is 27.4. The number of hydrogen-bond acceptors (Lipinski definition) is 6. The third kappa shape index (κ3) is 6.64. The number of aliphatic hydroxyl groups excluding tert-OH is 1. The number of amides is 2. The minimum Gasteiger partial charge on any atom is -0.508 e. The highest BCUT2D eigenvalue weighted by Gasteiger charge is 2.35. The predicted octanol–water partition coefficient (Wildman–Crippen LogP) is 4.82. The first-order chi connectivity index (χ1) is 18.2. The van der Waals surface area contributed by atoms with Crippen molar-refractivity contribution < 1.29 is 24.6 Å². The Hall–Kier alpha value is -3.59. The van der Waals surface area contributed by atoms with Crippen LogP contribution in [-0.2, 0) is 9.63 Å². The van der Waals surface area contributed by atoms with Crippen LogP contribution in [-0.4, -0.2) is 58.9 Å². The van der Waals surface area contributed by atoms with E-state index in [-0.39, 0.29) is 37.1 Å². The minimum atomic E-state index is -0.930. The van der Waals surface area contributed by atoms with Gasteiger partial charge in [-0.15, -0.1) is 0 Å². The van der Waals surface area contributed by atoms with Gasteiger partial charge >= 0.3 is 0 Å². The molecule has 1 fully saturated rings. The maximum absolute atomic E-state index is 13.4. The van der Waals surface area contributed by atoms with Gasteiger partial charge in [0.2, 0.25) is 5.91 Å². The highest BCUT2D eigenvalue weighted by atomic mass is 35.5. The second-order valence-corrected chi connectivity index (χ2v) is 9.77.